The first-order chi connectivity index (χ1) is 12.6. The molecule has 2 rings (SSSR count). The van der Waals surface area contributed by atoms with Crippen molar-refractivity contribution >= 4 is 11.8 Å². The maximum atomic E-state index is 12.7. The van der Waals surface area contributed by atoms with Gasteiger partial charge in [-0.15, -0.1) is 0 Å². The average molecular weight is 378 g/mol. The van der Waals surface area contributed by atoms with Crippen molar-refractivity contribution in [2.75, 3.05) is 40.9 Å². The van der Waals surface area contributed by atoms with Gasteiger partial charge in [-0.25, -0.2) is 0 Å². The maximum absolute atomic E-state index is 12.7. The first kappa shape index (κ1) is 21.0. The maximum Gasteiger partial charge on any atom is 0.278 e. The van der Waals surface area contributed by atoms with Gasteiger partial charge in [0, 0.05) is 18.6 Å². The van der Waals surface area contributed by atoms with Crippen LogP contribution in [0.2, 0.25) is 0 Å². The van der Waals surface area contributed by atoms with Gasteiger partial charge in [0.15, 0.2) is 24.6 Å². The Labute approximate surface area is 161 Å². The summed E-state index contributed by atoms with van der Waals surface area (Å²) in [6.07, 6.45) is 0.783. The van der Waals surface area contributed by atoms with Gasteiger partial charge in [0.2, 0.25) is 0 Å². The van der Waals surface area contributed by atoms with Crippen LogP contribution in [0, 0.1) is 0 Å². The molecule has 0 fully saturated rings. The van der Waals surface area contributed by atoms with E-state index < -0.39 is 0 Å². The monoisotopic (exact) mass is 378 g/mol. The van der Waals surface area contributed by atoms with Crippen molar-refractivity contribution in [3.8, 4) is 11.5 Å². The third kappa shape index (κ3) is 5.85. The molecule has 0 saturated carbocycles. The molecule has 0 aromatic heterocycles. The van der Waals surface area contributed by atoms with Crippen LogP contribution in [0.5, 0.6) is 11.5 Å². The van der Waals surface area contributed by atoms with Crippen molar-refractivity contribution in [3.05, 3.63) is 23.3 Å². The molecule has 7 nitrogen and oxygen atoms in total. The summed E-state index contributed by atoms with van der Waals surface area (Å²) in [7, 11) is 5.10. The van der Waals surface area contributed by atoms with Crippen LogP contribution in [-0.4, -0.2) is 63.2 Å². The zero-order valence-electron chi connectivity index (χ0n) is 17.3. The van der Waals surface area contributed by atoms with E-state index in [9.17, 15) is 9.59 Å². The van der Waals surface area contributed by atoms with Crippen molar-refractivity contribution in [1.29, 1.82) is 0 Å². The van der Waals surface area contributed by atoms with Gasteiger partial charge in [-0.05, 0) is 50.5 Å². The molecule has 150 valence electrons. The van der Waals surface area contributed by atoms with Gasteiger partial charge in [-0.1, -0.05) is 0 Å². The standard InChI is InChI=1S/C20H31N3O4/c1-20(2,3)21-18(24)12-22(4)13-19(25)23-8-7-14-9-16(26-5)17(27-6)10-15(14)11-23/h9-10H,7-8,11-13H2,1-6H3,(H,21,24)/p+1. The van der Waals surface area contributed by atoms with E-state index in [0.29, 0.717) is 31.1 Å². The summed E-state index contributed by atoms with van der Waals surface area (Å²) in [5.74, 6) is 1.39. The van der Waals surface area contributed by atoms with Crippen molar-refractivity contribution in [3.63, 3.8) is 0 Å². The first-order valence-corrected chi connectivity index (χ1v) is 9.27. The number of carbonyl (C=O) groups is 2. The van der Waals surface area contributed by atoms with Gasteiger partial charge in [0.25, 0.3) is 11.8 Å². The Hall–Kier alpha value is -2.28. The minimum atomic E-state index is -0.266. The number of amides is 2. The van der Waals surface area contributed by atoms with Crippen LogP contribution in [-0.2, 0) is 22.6 Å². The lowest BCUT2D eigenvalue weighted by Crippen LogP contribution is -3.11. The van der Waals surface area contributed by atoms with Gasteiger partial charge in [-0.2, -0.15) is 0 Å². The van der Waals surface area contributed by atoms with Crippen LogP contribution in [0.15, 0.2) is 12.1 Å². The fraction of sp³-hybridized carbons (Fsp3) is 0.600. The number of hydrogen-bond acceptors (Lipinski definition) is 4. The highest BCUT2D eigenvalue weighted by Crippen LogP contribution is 2.33. The zero-order valence-corrected chi connectivity index (χ0v) is 17.3. The summed E-state index contributed by atoms with van der Waals surface area (Å²) < 4.78 is 10.7. The van der Waals surface area contributed by atoms with E-state index in [1.807, 2.05) is 44.9 Å². The number of rotatable bonds is 6. The third-order valence-corrected chi connectivity index (χ3v) is 4.50. The average Bonchev–Trinajstić information content (AvgIpc) is 2.57. The lowest BCUT2D eigenvalue weighted by molar-refractivity contribution is -0.863. The Bertz CT molecular complexity index is 697. The van der Waals surface area contributed by atoms with Gasteiger partial charge in [0.05, 0.1) is 21.3 Å². The molecule has 1 unspecified atom stereocenters. The number of benzene rings is 1. The predicted molar refractivity (Wildman–Crippen MR) is 103 cm³/mol. The van der Waals surface area contributed by atoms with Gasteiger partial charge in [0.1, 0.15) is 0 Å². The number of fused-ring (bicyclic) bond motifs is 1. The number of quaternary nitrogens is 1. The highest BCUT2D eigenvalue weighted by atomic mass is 16.5. The number of ether oxygens (including phenoxy) is 2. The normalized spacial score (nSPS) is 15.0. The molecule has 0 aliphatic carbocycles. The molecule has 1 atom stereocenters. The van der Waals surface area contributed by atoms with Crippen LogP contribution in [0.25, 0.3) is 0 Å². The van der Waals surface area contributed by atoms with E-state index in [0.717, 1.165) is 16.9 Å². The molecule has 1 heterocycles. The molecule has 0 radical (unpaired) electrons. The Balaban J connectivity index is 1.96. The molecule has 1 aliphatic heterocycles. The highest BCUT2D eigenvalue weighted by Gasteiger charge is 2.26. The molecule has 27 heavy (non-hydrogen) atoms. The molecule has 0 saturated heterocycles. The molecule has 0 bridgehead atoms. The fourth-order valence-electron chi connectivity index (χ4n) is 3.27. The molecular formula is C20H32N3O4+. The second-order valence-electron chi connectivity index (χ2n) is 8.15. The second-order valence-corrected chi connectivity index (χ2v) is 8.15. The summed E-state index contributed by atoms with van der Waals surface area (Å²) in [4.78, 5) is 27.4. The fourth-order valence-corrected chi connectivity index (χ4v) is 3.27. The molecule has 2 amide bonds. The molecule has 1 aliphatic rings. The highest BCUT2D eigenvalue weighted by molar-refractivity contribution is 5.79. The van der Waals surface area contributed by atoms with E-state index in [-0.39, 0.29) is 23.9 Å². The summed E-state index contributed by atoms with van der Waals surface area (Å²) >= 11 is 0. The zero-order chi connectivity index (χ0) is 20.2. The Kier molecular flexibility index (Phi) is 6.70. The van der Waals surface area contributed by atoms with Crippen LogP contribution in [0.1, 0.15) is 31.9 Å². The molecule has 7 heteroatoms. The Morgan fingerprint density at radius 3 is 2.26 bits per heavy atom. The van der Waals surface area contributed by atoms with Crippen molar-refractivity contribution in [2.45, 2.75) is 39.3 Å². The lowest BCUT2D eigenvalue weighted by Gasteiger charge is -2.30. The van der Waals surface area contributed by atoms with Crippen molar-refractivity contribution in [2.24, 2.45) is 0 Å². The summed E-state index contributed by atoms with van der Waals surface area (Å²) in [6, 6.07) is 3.94. The van der Waals surface area contributed by atoms with Crippen LogP contribution in [0.3, 0.4) is 0 Å². The predicted octanol–water partition coefficient (Wildman–Crippen LogP) is 0.0179. The summed E-state index contributed by atoms with van der Waals surface area (Å²) in [6.45, 7) is 7.62. The number of likely N-dealkylation sites (N-methyl/N-ethyl adjacent to an activating group) is 1. The first-order valence-electron chi connectivity index (χ1n) is 9.27. The van der Waals surface area contributed by atoms with E-state index >= 15 is 0 Å². The van der Waals surface area contributed by atoms with E-state index in [1.165, 1.54) is 5.56 Å². The topological polar surface area (TPSA) is 72.3 Å². The van der Waals surface area contributed by atoms with Crippen LogP contribution in [0.4, 0.5) is 0 Å². The van der Waals surface area contributed by atoms with Crippen molar-refractivity contribution < 1.29 is 24.0 Å². The number of hydrogen-bond donors (Lipinski definition) is 2. The van der Waals surface area contributed by atoms with E-state index in [1.54, 1.807) is 14.2 Å². The SMILES string of the molecule is COc1cc2c(cc1OC)CN(C(=O)C[NH+](C)CC(=O)NC(C)(C)C)CC2. The molecule has 1 aromatic carbocycles. The summed E-state index contributed by atoms with van der Waals surface area (Å²) in [5.41, 5.74) is 2.00. The lowest BCUT2D eigenvalue weighted by atomic mass is 9.98. The largest absolute Gasteiger partial charge is 0.493 e. The number of nitrogens with one attached hydrogen (secondary N) is 2. The second kappa shape index (κ2) is 8.61. The molecule has 2 N–H and O–H groups in total. The van der Waals surface area contributed by atoms with E-state index in [4.69, 9.17) is 9.47 Å². The summed E-state index contributed by atoms with van der Waals surface area (Å²) in [5, 5.41) is 2.93. The van der Waals surface area contributed by atoms with Crippen LogP contribution < -0.4 is 19.7 Å². The quantitative estimate of drug-likeness (QED) is 0.732. The van der Waals surface area contributed by atoms with Crippen molar-refractivity contribution in [1.82, 2.24) is 10.2 Å². The smallest absolute Gasteiger partial charge is 0.278 e. The molecular weight excluding hydrogens is 346 g/mol. The third-order valence-electron chi connectivity index (χ3n) is 4.50. The van der Waals surface area contributed by atoms with Gasteiger partial charge >= 0.3 is 0 Å². The number of carbonyl (C=O) groups excluding carboxylic acids is 2. The van der Waals surface area contributed by atoms with E-state index in [2.05, 4.69) is 5.32 Å². The van der Waals surface area contributed by atoms with Gasteiger partial charge < -0.3 is 24.6 Å². The number of methoxy groups -OCH3 is 2. The minimum absolute atomic E-state index is 0.0476. The molecule has 1 aromatic rings. The van der Waals surface area contributed by atoms with Crippen LogP contribution >= 0.6 is 0 Å². The molecule has 0 spiro atoms. The Morgan fingerprint density at radius 1 is 1.11 bits per heavy atom. The number of nitrogens with zero attached hydrogens (tertiary/aromatic N) is 1. The van der Waals surface area contributed by atoms with Gasteiger partial charge in [-0.3, -0.25) is 9.59 Å². The Morgan fingerprint density at radius 2 is 1.70 bits per heavy atom. The minimum Gasteiger partial charge on any atom is -0.493 e.